The summed E-state index contributed by atoms with van der Waals surface area (Å²) >= 11 is 0. The van der Waals surface area contributed by atoms with Crippen molar-refractivity contribution in [2.75, 3.05) is 0 Å². The van der Waals surface area contributed by atoms with E-state index in [9.17, 15) is 0 Å². The van der Waals surface area contributed by atoms with Gasteiger partial charge in [-0.25, -0.2) is 4.98 Å². The van der Waals surface area contributed by atoms with Crippen LogP contribution in [0.5, 0.6) is 0 Å². The molecule has 0 unspecified atom stereocenters. The molecule has 0 atom stereocenters. The summed E-state index contributed by atoms with van der Waals surface area (Å²) in [6.07, 6.45) is 2.27. The number of fused-ring (bicyclic) bond motifs is 1. The summed E-state index contributed by atoms with van der Waals surface area (Å²) in [6.45, 7) is 4.05. The van der Waals surface area contributed by atoms with E-state index in [1.54, 1.807) is 0 Å². The van der Waals surface area contributed by atoms with E-state index in [0.29, 0.717) is 0 Å². The molecule has 0 spiro atoms. The first-order valence-corrected chi connectivity index (χ1v) is 4.65. The Morgan fingerprint density at radius 3 is 3.00 bits per heavy atom. The molecule has 0 aliphatic rings. The van der Waals surface area contributed by atoms with Crippen molar-refractivity contribution in [3.8, 4) is 0 Å². The number of hydrogen-bond acceptors (Lipinski definition) is 2. The monoisotopic (exact) mass is 175 g/mol. The van der Waals surface area contributed by atoms with Gasteiger partial charge in [0.15, 0.2) is 11.5 Å². The molecule has 1 heterocycles. The topological polar surface area (TPSA) is 26.0 Å². The molecule has 1 aromatic heterocycles. The highest BCUT2D eigenvalue weighted by Crippen LogP contribution is 2.17. The van der Waals surface area contributed by atoms with Gasteiger partial charge in [0.2, 0.25) is 0 Å². The van der Waals surface area contributed by atoms with Gasteiger partial charge < -0.3 is 4.42 Å². The Kier molecular flexibility index (Phi) is 2.05. The molecule has 0 aliphatic heterocycles. The van der Waals surface area contributed by atoms with Crippen LogP contribution in [0.2, 0.25) is 0 Å². The summed E-state index contributed by atoms with van der Waals surface area (Å²) in [4.78, 5) is 4.25. The maximum Gasteiger partial charge on any atom is 0.192 e. The zero-order valence-corrected chi connectivity index (χ0v) is 8.00. The van der Waals surface area contributed by atoms with Crippen molar-refractivity contribution < 1.29 is 4.42 Å². The molecule has 2 rings (SSSR count). The van der Waals surface area contributed by atoms with Crippen LogP contribution in [0.15, 0.2) is 22.6 Å². The van der Waals surface area contributed by atoms with Gasteiger partial charge in [-0.05, 0) is 24.1 Å². The standard InChI is InChI=1S/C11H13NO/c1-3-4-9-5-6-10-11(7-9)13-8(2)12-10/h5-7H,3-4H2,1-2H3. The highest BCUT2D eigenvalue weighted by molar-refractivity contribution is 5.73. The van der Waals surface area contributed by atoms with Crippen LogP contribution in [0.1, 0.15) is 24.8 Å². The number of benzene rings is 1. The predicted molar refractivity (Wildman–Crippen MR) is 52.7 cm³/mol. The molecule has 2 nitrogen and oxygen atoms in total. The maximum atomic E-state index is 5.44. The van der Waals surface area contributed by atoms with E-state index in [-0.39, 0.29) is 0 Å². The predicted octanol–water partition coefficient (Wildman–Crippen LogP) is 3.09. The average Bonchev–Trinajstić information content (AvgIpc) is 2.44. The third-order valence-electron chi connectivity index (χ3n) is 2.10. The zero-order chi connectivity index (χ0) is 9.26. The lowest BCUT2D eigenvalue weighted by atomic mass is 10.1. The van der Waals surface area contributed by atoms with Crippen LogP contribution in [0, 0.1) is 6.92 Å². The van der Waals surface area contributed by atoms with Gasteiger partial charge in [-0.2, -0.15) is 0 Å². The smallest absolute Gasteiger partial charge is 0.192 e. The summed E-state index contributed by atoms with van der Waals surface area (Å²) in [5, 5.41) is 0. The number of aryl methyl sites for hydroxylation is 2. The van der Waals surface area contributed by atoms with Crippen molar-refractivity contribution >= 4 is 11.1 Å². The van der Waals surface area contributed by atoms with Crippen LogP contribution in [-0.2, 0) is 6.42 Å². The van der Waals surface area contributed by atoms with Gasteiger partial charge in [0.05, 0.1) is 0 Å². The van der Waals surface area contributed by atoms with Gasteiger partial charge in [0.25, 0.3) is 0 Å². The first-order valence-electron chi connectivity index (χ1n) is 4.65. The minimum absolute atomic E-state index is 0.739. The quantitative estimate of drug-likeness (QED) is 0.701. The summed E-state index contributed by atoms with van der Waals surface area (Å²) in [5.41, 5.74) is 3.19. The molecule has 2 aromatic rings. The first-order chi connectivity index (χ1) is 6.29. The normalized spacial score (nSPS) is 10.9. The van der Waals surface area contributed by atoms with E-state index in [0.717, 1.165) is 23.4 Å². The van der Waals surface area contributed by atoms with E-state index in [1.807, 2.05) is 13.0 Å². The number of hydrogen-bond donors (Lipinski definition) is 0. The maximum absolute atomic E-state index is 5.44. The molecule has 0 saturated heterocycles. The first kappa shape index (κ1) is 8.30. The van der Waals surface area contributed by atoms with Crippen molar-refractivity contribution in [3.05, 3.63) is 29.7 Å². The Hall–Kier alpha value is -1.31. The summed E-state index contributed by atoms with van der Waals surface area (Å²) < 4.78 is 5.44. The van der Waals surface area contributed by atoms with Gasteiger partial charge in [-0.3, -0.25) is 0 Å². The summed E-state index contributed by atoms with van der Waals surface area (Å²) in [5.74, 6) is 0.739. The molecule has 0 radical (unpaired) electrons. The zero-order valence-electron chi connectivity index (χ0n) is 8.00. The molecular formula is C11H13NO. The van der Waals surface area contributed by atoms with Crippen LogP contribution in [0.4, 0.5) is 0 Å². The van der Waals surface area contributed by atoms with Crippen LogP contribution >= 0.6 is 0 Å². The Bertz CT molecular complexity index is 417. The van der Waals surface area contributed by atoms with Gasteiger partial charge >= 0.3 is 0 Å². The highest BCUT2D eigenvalue weighted by atomic mass is 16.3. The fourth-order valence-electron chi connectivity index (χ4n) is 1.53. The van der Waals surface area contributed by atoms with Crippen molar-refractivity contribution in [2.24, 2.45) is 0 Å². The van der Waals surface area contributed by atoms with E-state index in [4.69, 9.17) is 4.42 Å². The summed E-state index contributed by atoms with van der Waals surface area (Å²) in [7, 11) is 0. The lowest BCUT2D eigenvalue weighted by Gasteiger charge is -1.95. The Morgan fingerprint density at radius 2 is 2.23 bits per heavy atom. The molecule has 2 heteroatoms. The lowest BCUT2D eigenvalue weighted by Crippen LogP contribution is -1.81. The SMILES string of the molecule is CCCc1ccc2nc(C)oc2c1. The molecule has 0 fully saturated rings. The largest absolute Gasteiger partial charge is 0.441 e. The molecule has 1 aromatic carbocycles. The molecule has 13 heavy (non-hydrogen) atoms. The van der Waals surface area contributed by atoms with E-state index < -0.39 is 0 Å². The van der Waals surface area contributed by atoms with Crippen LogP contribution in [0.3, 0.4) is 0 Å². The van der Waals surface area contributed by atoms with Crippen LogP contribution in [0.25, 0.3) is 11.1 Å². The molecule has 0 amide bonds. The molecule has 0 N–H and O–H groups in total. The number of aromatic nitrogens is 1. The number of oxazole rings is 1. The highest BCUT2D eigenvalue weighted by Gasteiger charge is 2.01. The third kappa shape index (κ3) is 1.57. The Morgan fingerprint density at radius 1 is 1.38 bits per heavy atom. The fraction of sp³-hybridized carbons (Fsp3) is 0.364. The molecule has 68 valence electrons. The number of nitrogens with zero attached hydrogens (tertiary/aromatic N) is 1. The van der Waals surface area contributed by atoms with E-state index in [1.165, 1.54) is 12.0 Å². The minimum Gasteiger partial charge on any atom is -0.441 e. The molecule has 0 bridgehead atoms. The fourth-order valence-corrected chi connectivity index (χ4v) is 1.53. The van der Waals surface area contributed by atoms with Gasteiger partial charge in [-0.1, -0.05) is 19.4 Å². The third-order valence-corrected chi connectivity index (χ3v) is 2.10. The minimum atomic E-state index is 0.739. The van der Waals surface area contributed by atoms with E-state index >= 15 is 0 Å². The summed E-state index contributed by atoms with van der Waals surface area (Å²) in [6, 6.07) is 6.23. The lowest BCUT2D eigenvalue weighted by molar-refractivity contribution is 0.560. The molecule has 0 aliphatic carbocycles. The Balaban J connectivity index is 2.48. The van der Waals surface area contributed by atoms with Crippen molar-refractivity contribution in [1.82, 2.24) is 4.98 Å². The second-order valence-electron chi connectivity index (χ2n) is 3.28. The van der Waals surface area contributed by atoms with Gasteiger partial charge in [0.1, 0.15) is 5.52 Å². The number of rotatable bonds is 2. The van der Waals surface area contributed by atoms with Gasteiger partial charge in [0, 0.05) is 6.92 Å². The van der Waals surface area contributed by atoms with Crippen LogP contribution < -0.4 is 0 Å². The van der Waals surface area contributed by atoms with Crippen molar-refractivity contribution in [1.29, 1.82) is 0 Å². The molecule has 0 saturated carbocycles. The van der Waals surface area contributed by atoms with Gasteiger partial charge in [-0.15, -0.1) is 0 Å². The van der Waals surface area contributed by atoms with Crippen molar-refractivity contribution in [3.63, 3.8) is 0 Å². The second-order valence-corrected chi connectivity index (χ2v) is 3.28. The van der Waals surface area contributed by atoms with Crippen molar-refractivity contribution in [2.45, 2.75) is 26.7 Å². The van der Waals surface area contributed by atoms with E-state index in [2.05, 4.69) is 24.0 Å². The van der Waals surface area contributed by atoms with Crippen LogP contribution in [-0.4, -0.2) is 4.98 Å². The Labute approximate surface area is 77.6 Å². The second kappa shape index (κ2) is 3.21. The molecular weight excluding hydrogens is 162 g/mol. The average molecular weight is 175 g/mol.